The summed E-state index contributed by atoms with van der Waals surface area (Å²) < 4.78 is 0. The van der Waals surface area contributed by atoms with E-state index in [9.17, 15) is 0 Å². The zero-order valence-corrected chi connectivity index (χ0v) is 11.1. The third kappa shape index (κ3) is 2.71. The van der Waals surface area contributed by atoms with Gasteiger partial charge < -0.3 is 10.6 Å². The summed E-state index contributed by atoms with van der Waals surface area (Å²) in [7, 11) is 0. The molecule has 0 heterocycles. The minimum absolute atomic E-state index is 0.583. The number of anilines is 2. The quantitative estimate of drug-likeness (QED) is 0.884. The van der Waals surface area contributed by atoms with Crippen LogP contribution in [0.1, 0.15) is 18.1 Å². The molecule has 2 heteroatoms. The van der Waals surface area contributed by atoms with Crippen molar-refractivity contribution in [1.82, 2.24) is 0 Å². The van der Waals surface area contributed by atoms with Crippen LogP contribution in [0, 0.1) is 6.92 Å². The molecule has 0 aromatic heterocycles. The van der Waals surface area contributed by atoms with Gasteiger partial charge in [-0.25, -0.2) is 0 Å². The highest BCUT2D eigenvalue weighted by Gasteiger charge is 2.07. The van der Waals surface area contributed by atoms with Crippen LogP contribution in [0.25, 0.3) is 0 Å². The van der Waals surface area contributed by atoms with Crippen LogP contribution in [-0.2, 0) is 6.54 Å². The molecule has 0 fully saturated rings. The smallest absolute Gasteiger partial charge is 0.0413 e. The number of benzene rings is 2. The molecule has 0 radical (unpaired) electrons. The zero-order valence-electron chi connectivity index (χ0n) is 11.1. The largest absolute Gasteiger partial charge is 0.342 e. The van der Waals surface area contributed by atoms with E-state index in [0.717, 1.165) is 6.54 Å². The maximum absolute atomic E-state index is 5.70. The molecule has 0 amide bonds. The van der Waals surface area contributed by atoms with Gasteiger partial charge in [-0.2, -0.15) is 0 Å². The molecule has 0 atom stereocenters. The fourth-order valence-electron chi connectivity index (χ4n) is 2.16. The van der Waals surface area contributed by atoms with E-state index >= 15 is 0 Å². The monoisotopic (exact) mass is 240 g/mol. The second kappa shape index (κ2) is 5.69. The molecule has 0 saturated heterocycles. The van der Waals surface area contributed by atoms with E-state index in [1.54, 1.807) is 0 Å². The maximum atomic E-state index is 5.70. The molecule has 18 heavy (non-hydrogen) atoms. The van der Waals surface area contributed by atoms with Crippen LogP contribution in [-0.4, -0.2) is 6.54 Å². The molecule has 2 N–H and O–H groups in total. The van der Waals surface area contributed by atoms with E-state index in [-0.39, 0.29) is 0 Å². The number of nitrogens with zero attached hydrogens (tertiary/aromatic N) is 1. The Balaban J connectivity index is 2.38. The van der Waals surface area contributed by atoms with Gasteiger partial charge >= 0.3 is 0 Å². The number of rotatable bonds is 4. The first-order chi connectivity index (χ1) is 8.74. The minimum atomic E-state index is 0.583. The second-order valence-electron chi connectivity index (χ2n) is 4.46. The summed E-state index contributed by atoms with van der Waals surface area (Å²) >= 11 is 0. The van der Waals surface area contributed by atoms with Crippen LogP contribution in [0.2, 0.25) is 0 Å². The topological polar surface area (TPSA) is 29.3 Å². The Morgan fingerprint density at radius 2 is 1.67 bits per heavy atom. The molecule has 0 bridgehead atoms. The van der Waals surface area contributed by atoms with E-state index in [2.05, 4.69) is 67.3 Å². The van der Waals surface area contributed by atoms with Crippen LogP contribution in [0.5, 0.6) is 0 Å². The van der Waals surface area contributed by atoms with Crippen molar-refractivity contribution < 1.29 is 0 Å². The molecule has 0 aliphatic heterocycles. The van der Waals surface area contributed by atoms with E-state index < -0.39 is 0 Å². The number of aryl methyl sites for hydroxylation is 1. The predicted octanol–water partition coefficient (Wildman–Crippen LogP) is 3.61. The number of hydrogen-bond acceptors (Lipinski definition) is 2. The SMILES string of the molecule is CCN(c1cccc(C)c1)c1cccc(CN)c1. The van der Waals surface area contributed by atoms with Crippen molar-refractivity contribution in [2.45, 2.75) is 20.4 Å². The Bertz CT molecular complexity index is 520. The van der Waals surface area contributed by atoms with Crippen LogP contribution in [0.15, 0.2) is 48.5 Å². The van der Waals surface area contributed by atoms with E-state index in [0.29, 0.717) is 6.54 Å². The highest BCUT2D eigenvalue weighted by atomic mass is 15.1. The van der Waals surface area contributed by atoms with E-state index in [1.165, 1.54) is 22.5 Å². The van der Waals surface area contributed by atoms with E-state index in [1.807, 2.05) is 0 Å². The first-order valence-corrected chi connectivity index (χ1v) is 6.38. The van der Waals surface area contributed by atoms with Gasteiger partial charge in [-0.3, -0.25) is 0 Å². The van der Waals surface area contributed by atoms with Crippen LogP contribution in [0.3, 0.4) is 0 Å². The van der Waals surface area contributed by atoms with Crippen molar-refractivity contribution in [3.8, 4) is 0 Å². The Kier molecular flexibility index (Phi) is 4.00. The van der Waals surface area contributed by atoms with Crippen molar-refractivity contribution in [2.24, 2.45) is 5.73 Å². The minimum Gasteiger partial charge on any atom is -0.342 e. The van der Waals surface area contributed by atoms with Crippen molar-refractivity contribution in [3.05, 3.63) is 59.7 Å². The molecular weight excluding hydrogens is 220 g/mol. The molecule has 94 valence electrons. The summed E-state index contributed by atoms with van der Waals surface area (Å²) in [4.78, 5) is 2.30. The average molecular weight is 240 g/mol. The molecule has 0 unspecified atom stereocenters. The van der Waals surface area contributed by atoms with Gasteiger partial charge in [-0.15, -0.1) is 0 Å². The van der Waals surface area contributed by atoms with Gasteiger partial charge in [0.15, 0.2) is 0 Å². The lowest BCUT2D eigenvalue weighted by Gasteiger charge is -2.24. The highest BCUT2D eigenvalue weighted by molar-refractivity contribution is 5.64. The van der Waals surface area contributed by atoms with Crippen LogP contribution >= 0.6 is 0 Å². The molecule has 0 spiro atoms. The summed E-state index contributed by atoms with van der Waals surface area (Å²) in [5.41, 5.74) is 10.6. The van der Waals surface area contributed by atoms with Gasteiger partial charge in [0, 0.05) is 24.5 Å². The van der Waals surface area contributed by atoms with Crippen LogP contribution < -0.4 is 10.6 Å². The lowest BCUT2D eigenvalue weighted by atomic mass is 10.1. The number of nitrogens with two attached hydrogens (primary N) is 1. The fourth-order valence-corrected chi connectivity index (χ4v) is 2.16. The molecular formula is C16H20N2. The van der Waals surface area contributed by atoms with Crippen molar-refractivity contribution in [3.63, 3.8) is 0 Å². The Morgan fingerprint density at radius 3 is 2.28 bits per heavy atom. The lowest BCUT2D eigenvalue weighted by Crippen LogP contribution is -2.16. The summed E-state index contributed by atoms with van der Waals surface area (Å²) in [6, 6.07) is 17.0. The second-order valence-corrected chi connectivity index (χ2v) is 4.46. The van der Waals surface area contributed by atoms with Crippen molar-refractivity contribution in [2.75, 3.05) is 11.4 Å². The Labute approximate surface area is 109 Å². The van der Waals surface area contributed by atoms with Gasteiger partial charge in [0.2, 0.25) is 0 Å². The first kappa shape index (κ1) is 12.7. The number of hydrogen-bond donors (Lipinski definition) is 1. The zero-order chi connectivity index (χ0) is 13.0. The molecule has 2 aromatic carbocycles. The molecule has 0 aliphatic carbocycles. The summed E-state index contributed by atoms with van der Waals surface area (Å²) in [5, 5.41) is 0. The van der Waals surface area contributed by atoms with Gasteiger partial charge in [0.05, 0.1) is 0 Å². The summed E-state index contributed by atoms with van der Waals surface area (Å²) in [5.74, 6) is 0. The fraction of sp³-hybridized carbons (Fsp3) is 0.250. The van der Waals surface area contributed by atoms with E-state index in [4.69, 9.17) is 5.73 Å². The average Bonchev–Trinajstić information content (AvgIpc) is 2.40. The third-order valence-corrected chi connectivity index (χ3v) is 3.09. The Hall–Kier alpha value is -1.80. The van der Waals surface area contributed by atoms with Gasteiger partial charge in [0.1, 0.15) is 0 Å². The van der Waals surface area contributed by atoms with Gasteiger partial charge in [-0.05, 0) is 49.2 Å². The van der Waals surface area contributed by atoms with Gasteiger partial charge in [0.25, 0.3) is 0 Å². The molecule has 2 aromatic rings. The molecule has 0 saturated carbocycles. The third-order valence-electron chi connectivity index (χ3n) is 3.09. The Morgan fingerprint density at radius 1 is 1.00 bits per heavy atom. The maximum Gasteiger partial charge on any atom is 0.0413 e. The van der Waals surface area contributed by atoms with Gasteiger partial charge in [-0.1, -0.05) is 24.3 Å². The van der Waals surface area contributed by atoms with Crippen molar-refractivity contribution >= 4 is 11.4 Å². The predicted molar refractivity (Wildman–Crippen MR) is 78.2 cm³/mol. The molecule has 2 nitrogen and oxygen atoms in total. The standard InChI is InChI=1S/C16H20N2/c1-3-18(15-8-4-6-13(2)10-15)16-9-5-7-14(11-16)12-17/h4-11H,3,12,17H2,1-2H3. The first-order valence-electron chi connectivity index (χ1n) is 6.38. The molecule has 0 aliphatic rings. The highest BCUT2D eigenvalue weighted by Crippen LogP contribution is 2.26. The summed E-state index contributed by atoms with van der Waals surface area (Å²) in [6.45, 7) is 5.81. The summed E-state index contributed by atoms with van der Waals surface area (Å²) in [6.07, 6.45) is 0. The van der Waals surface area contributed by atoms with Crippen molar-refractivity contribution in [1.29, 1.82) is 0 Å². The lowest BCUT2D eigenvalue weighted by molar-refractivity contribution is 1.01. The normalized spacial score (nSPS) is 10.4. The molecule has 2 rings (SSSR count). The van der Waals surface area contributed by atoms with Crippen LogP contribution in [0.4, 0.5) is 11.4 Å².